The maximum atomic E-state index is 6.25. The van der Waals surface area contributed by atoms with Crippen molar-refractivity contribution in [1.29, 1.82) is 0 Å². The van der Waals surface area contributed by atoms with E-state index in [-0.39, 0.29) is 12.2 Å². The summed E-state index contributed by atoms with van der Waals surface area (Å²) in [6, 6.07) is 0.663. The summed E-state index contributed by atoms with van der Waals surface area (Å²) in [6.07, 6.45) is 4.62. The molecular formula is C12H28N4. The molecule has 3 atom stereocenters. The second-order valence-corrected chi connectivity index (χ2v) is 4.82. The minimum Gasteiger partial charge on any atom is -0.326 e. The lowest BCUT2D eigenvalue weighted by Crippen LogP contribution is -2.63. The second-order valence-electron chi connectivity index (χ2n) is 4.82. The lowest BCUT2D eigenvalue weighted by molar-refractivity contribution is 0.0838. The van der Waals surface area contributed by atoms with Crippen LogP contribution in [0.5, 0.6) is 0 Å². The van der Waals surface area contributed by atoms with Crippen molar-refractivity contribution in [2.24, 2.45) is 11.5 Å². The van der Waals surface area contributed by atoms with Gasteiger partial charge in [-0.2, -0.15) is 0 Å². The van der Waals surface area contributed by atoms with Crippen molar-refractivity contribution in [2.75, 3.05) is 19.6 Å². The molecular weight excluding hydrogens is 200 g/mol. The van der Waals surface area contributed by atoms with Crippen LogP contribution in [0, 0.1) is 0 Å². The third kappa shape index (κ3) is 3.70. The molecule has 0 bridgehead atoms. The van der Waals surface area contributed by atoms with E-state index in [1.54, 1.807) is 0 Å². The first-order valence-corrected chi connectivity index (χ1v) is 6.68. The molecule has 1 heterocycles. The molecule has 0 aromatic heterocycles. The van der Waals surface area contributed by atoms with Gasteiger partial charge in [-0.3, -0.25) is 4.90 Å². The standard InChI is InChI=1S/C12H28N4/c1-3-5-10(13)11-9-15-7-8-16(11)12(14)6-4-2/h10-12,15H,3-9,13-14H2,1-2H3. The van der Waals surface area contributed by atoms with E-state index in [9.17, 15) is 0 Å². The second kappa shape index (κ2) is 7.22. The quantitative estimate of drug-likeness (QED) is 0.618. The number of hydrogen-bond acceptors (Lipinski definition) is 4. The normalized spacial score (nSPS) is 26.6. The molecule has 4 nitrogen and oxygen atoms in total. The molecule has 0 spiro atoms. The highest BCUT2D eigenvalue weighted by atomic mass is 15.3. The Labute approximate surface area is 99.7 Å². The van der Waals surface area contributed by atoms with Crippen LogP contribution in [0.2, 0.25) is 0 Å². The molecule has 1 saturated heterocycles. The molecule has 0 saturated carbocycles. The molecule has 1 aliphatic heterocycles. The van der Waals surface area contributed by atoms with Crippen molar-refractivity contribution in [2.45, 2.75) is 57.8 Å². The number of nitrogens with two attached hydrogens (primary N) is 2. The molecule has 0 radical (unpaired) electrons. The van der Waals surface area contributed by atoms with Crippen LogP contribution in [0.25, 0.3) is 0 Å². The van der Waals surface area contributed by atoms with Gasteiger partial charge in [-0.25, -0.2) is 0 Å². The van der Waals surface area contributed by atoms with Gasteiger partial charge in [-0.15, -0.1) is 0 Å². The molecule has 5 N–H and O–H groups in total. The van der Waals surface area contributed by atoms with E-state index < -0.39 is 0 Å². The number of piperazine rings is 1. The van der Waals surface area contributed by atoms with Crippen molar-refractivity contribution in [3.05, 3.63) is 0 Å². The van der Waals surface area contributed by atoms with Gasteiger partial charge in [0.2, 0.25) is 0 Å². The van der Waals surface area contributed by atoms with E-state index in [0.717, 1.165) is 45.3 Å². The smallest absolute Gasteiger partial charge is 0.0575 e. The van der Waals surface area contributed by atoms with Gasteiger partial charge in [0.15, 0.2) is 0 Å². The van der Waals surface area contributed by atoms with Gasteiger partial charge in [0.25, 0.3) is 0 Å². The van der Waals surface area contributed by atoms with Gasteiger partial charge in [0.1, 0.15) is 0 Å². The van der Waals surface area contributed by atoms with E-state index in [1.807, 2.05) is 0 Å². The lowest BCUT2D eigenvalue weighted by atomic mass is 9.99. The summed E-state index contributed by atoms with van der Waals surface area (Å²) in [5.41, 5.74) is 12.5. The predicted octanol–water partition coefficient (Wildman–Crippen LogP) is 0.473. The molecule has 0 aliphatic carbocycles. The van der Waals surface area contributed by atoms with Crippen molar-refractivity contribution in [3.8, 4) is 0 Å². The Bertz CT molecular complexity index is 166. The monoisotopic (exact) mass is 228 g/mol. The van der Waals surface area contributed by atoms with Crippen molar-refractivity contribution < 1.29 is 0 Å². The summed E-state index contributed by atoms with van der Waals surface area (Å²) in [5.74, 6) is 0. The molecule has 1 aliphatic rings. The summed E-state index contributed by atoms with van der Waals surface area (Å²) >= 11 is 0. The Balaban J connectivity index is 2.55. The average Bonchev–Trinajstić information content (AvgIpc) is 2.30. The van der Waals surface area contributed by atoms with Gasteiger partial charge in [0.05, 0.1) is 6.17 Å². The van der Waals surface area contributed by atoms with Gasteiger partial charge < -0.3 is 16.8 Å². The predicted molar refractivity (Wildman–Crippen MR) is 69.1 cm³/mol. The Kier molecular flexibility index (Phi) is 6.28. The number of hydrogen-bond donors (Lipinski definition) is 3. The summed E-state index contributed by atoms with van der Waals surface area (Å²) in [4.78, 5) is 2.40. The highest BCUT2D eigenvalue weighted by Crippen LogP contribution is 2.14. The maximum absolute atomic E-state index is 6.25. The van der Waals surface area contributed by atoms with Gasteiger partial charge in [-0.1, -0.05) is 26.7 Å². The Morgan fingerprint density at radius 2 is 1.94 bits per heavy atom. The van der Waals surface area contributed by atoms with Gasteiger partial charge in [-0.05, 0) is 12.8 Å². The van der Waals surface area contributed by atoms with Crippen molar-refractivity contribution in [3.63, 3.8) is 0 Å². The zero-order chi connectivity index (χ0) is 12.0. The van der Waals surface area contributed by atoms with E-state index in [4.69, 9.17) is 11.5 Å². The van der Waals surface area contributed by atoms with Crippen LogP contribution in [0.15, 0.2) is 0 Å². The first-order chi connectivity index (χ1) is 7.70. The van der Waals surface area contributed by atoms with Crippen LogP contribution < -0.4 is 16.8 Å². The van der Waals surface area contributed by atoms with Crippen LogP contribution >= 0.6 is 0 Å². The first-order valence-electron chi connectivity index (χ1n) is 6.68. The molecule has 1 rings (SSSR count). The summed E-state index contributed by atoms with van der Waals surface area (Å²) < 4.78 is 0. The maximum Gasteiger partial charge on any atom is 0.0575 e. The summed E-state index contributed by atoms with van der Waals surface area (Å²) in [6.45, 7) is 7.42. The molecule has 16 heavy (non-hydrogen) atoms. The van der Waals surface area contributed by atoms with Crippen LogP contribution in [0.3, 0.4) is 0 Å². The number of nitrogens with zero attached hydrogens (tertiary/aromatic N) is 1. The first kappa shape index (κ1) is 13.9. The highest BCUT2D eigenvalue weighted by molar-refractivity contribution is 4.89. The molecule has 96 valence electrons. The third-order valence-corrected chi connectivity index (χ3v) is 3.45. The minimum atomic E-state index is 0.181. The number of rotatable bonds is 6. The van der Waals surface area contributed by atoms with Gasteiger partial charge in [0, 0.05) is 31.7 Å². The molecule has 0 amide bonds. The van der Waals surface area contributed by atoms with Crippen molar-refractivity contribution in [1.82, 2.24) is 10.2 Å². The van der Waals surface area contributed by atoms with E-state index in [0.29, 0.717) is 6.04 Å². The lowest BCUT2D eigenvalue weighted by Gasteiger charge is -2.42. The fourth-order valence-electron chi connectivity index (χ4n) is 2.54. The molecule has 0 aromatic carbocycles. The fraction of sp³-hybridized carbons (Fsp3) is 1.00. The molecule has 1 fully saturated rings. The van der Waals surface area contributed by atoms with Crippen LogP contribution in [-0.4, -0.2) is 42.8 Å². The van der Waals surface area contributed by atoms with Crippen molar-refractivity contribution >= 4 is 0 Å². The Morgan fingerprint density at radius 1 is 1.25 bits per heavy atom. The SMILES string of the molecule is CCCC(N)C1CNCCN1C(N)CCC. The van der Waals surface area contributed by atoms with Crippen LogP contribution in [-0.2, 0) is 0 Å². The van der Waals surface area contributed by atoms with E-state index >= 15 is 0 Å². The van der Waals surface area contributed by atoms with E-state index in [1.165, 1.54) is 0 Å². The topological polar surface area (TPSA) is 67.3 Å². The zero-order valence-corrected chi connectivity index (χ0v) is 10.8. The highest BCUT2D eigenvalue weighted by Gasteiger charge is 2.30. The van der Waals surface area contributed by atoms with Crippen LogP contribution in [0.4, 0.5) is 0 Å². The summed E-state index contributed by atoms with van der Waals surface area (Å²) in [7, 11) is 0. The zero-order valence-electron chi connectivity index (χ0n) is 10.8. The Hall–Kier alpha value is -0.160. The third-order valence-electron chi connectivity index (χ3n) is 3.45. The molecule has 4 heteroatoms. The number of nitrogens with one attached hydrogen (secondary N) is 1. The average molecular weight is 228 g/mol. The minimum absolute atomic E-state index is 0.181. The largest absolute Gasteiger partial charge is 0.326 e. The van der Waals surface area contributed by atoms with Gasteiger partial charge >= 0.3 is 0 Å². The summed E-state index contributed by atoms with van der Waals surface area (Å²) in [5, 5.41) is 3.42. The molecule has 3 unspecified atom stereocenters. The Morgan fingerprint density at radius 3 is 2.56 bits per heavy atom. The van der Waals surface area contributed by atoms with E-state index in [2.05, 4.69) is 24.1 Å². The molecule has 0 aromatic rings. The van der Waals surface area contributed by atoms with Crippen LogP contribution in [0.1, 0.15) is 39.5 Å². The fourth-order valence-corrected chi connectivity index (χ4v) is 2.54.